The van der Waals surface area contributed by atoms with Gasteiger partial charge in [-0.15, -0.1) is 6.58 Å². The van der Waals surface area contributed by atoms with Crippen LogP contribution in [0.5, 0.6) is 0 Å². The van der Waals surface area contributed by atoms with E-state index in [4.69, 9.17) is 0 Å². The molecule has 1 atom stereocenters. The van der Waals surface area contributed by atoms with Gasteiger partial charge in [0, 0.05) is 0 Å². The maximum atomic E-state index is 9.65. The zero-order valence-corrected chi connectivity index (χ0v) is 10.5. The van der Waals surface area contributed by atoms with Gasteiger partial charge in [-0.25, -0.2) is 0 Å². The maximum absolute atomic E-state index is 9.65. The van der Waals surface area contributed by atoms with Crippen molar-refractivity contribution < 1.29 is 5.11 Å². The lowest BCUT2D eigenvalue weighted by atomic mass is 10.1. The number of hydrogen-bond donors (Lipinski definition) is 1. The van der Waals surface area contributed by atoms with Crippen LogP contribution in [0.4, 0.5) is 0 Å². The van der Waals surface area contributed by atoms with Gasteiger partial charge in [0.25, 0.3) is 0 Å². The van der Waals surface area contributed by atoms with Gasteiger partial charge in [-0.3, -0.25) is 0 Å². The summed E-state index contributed by atoms with van der Waals surface area (Å²) in [4.78, 5) is 0. The summed E-state index contributed by atoms with van der Waals surface area (Å²) in [5, 5.41) is 9.65. The third-order valence-electron chi connectivity index (χ3n) is 2.58. The molecule has 2 heteroatoms. The van der Waals surface area contributed by atoms with Gasteiger partial charge in [0.15, 0.2) is 0 Å². The molecule has 0 bridgehead atoms. The van der Waals surface area contributed by atoms with Crippen molar-refractivity contribution in [3.63, 3.8) is 0 Å². The van der Waals surface area contributed by atoms with Crippen molar-refractivity contribution in [1.82, 2.24) is 0 Å². The molecular formula is C11H24OSi. The molecule has 0 fully saturated rings. The summed E-state index contributed by atoms with van der Waals surface area (Å²) in [7, 11) is -1.09. The minimum atomic E-state index is -1.09. The molecule has 0 saturated carbocycles. The second kappa shape index (κ2) is 5.61. The smallest absolute Gasteiger partial charge is 0.0560 e. The standard InChI is InChI=1S/C11H24OSi/c1-6-8-13(4,5)9-7-11(12)10(2)3/h6,10-12H,1,7-9H2,2-5H3. The first-order valence-electron chi connectivity index (χ1n) is 5.18. The van der Waals surface area contributed by atoms with E-state index in [0.717, 1.165) is 12.5 Å². The molecular weight excluding hydrogens is 176 g/mol. The van der Waals surface area contributed by atoms with E-state index in [1.165, 1.54) is 6.04 Å². The summed E-state index contributed by atoms with van der Waals surface area (Å²) in [6.07, 6.45) is 2.87. The highest BCUT2D eigenvalue weighted by atomic mass is 28.3. The third kappa shape index (κ3) is 6.05. The van der Waals surface area contributed by atoms with Crippen molar-refractivity contribution in [2.75, 3.05) is 0 Å². The summed E-state index contributed by atoms with van der Waals surface area (Å²) in [6, 6.07) is 2.37. The highest BCUT2D eigenvalue weighted by Crippen LogP contribution is 2.20. The Bertz CT molecular complexity index is 152. The fourth-order valence-corrected chi connectivity index (χ4v) is 3.43. The molecule has 0 saturated heterocycles. The lowest BCUT2D eigenvalue weighted by molar-refractivity contribution is 0.121. The van der Waals surface area contributed by atoms with Gasteiger partial charge in [-0.2, -0.15) is 0 Å². The summed E-state index contributed by atoms with van der Waals surface area (Å²) < 4.78 is 0. The molecule has 1 nitrogen and oxygen atoms in total. The number of hydrogen-bond acceptors (Lipinski definition) is 1. The molecule has 0 amide bonds. The number of allylic oxidation sites excluding steroid dienone is 1. The lowest BCUT2D eigenvalue weighted by Crippen LogP contribution is -2.27. The first kappa shape index (κ1) is 12.9. The Kier molecular flexibility index (Phi) is 5.57. The van der Waals surface area contributed by atoms with Crippen LogP contribution in [-0.4, -0.2) is 19.3 Å². The van der Waals surface area contributed by atoms with Gasteiger partial charge in [-0.1, -0.05) is 39.1 Å². The van der Waals surface area contributed by atoms with Crippen LogP contribution >= 0.6 is 0 Å². The fourth-order valence-electron chi connectivity index (χ4n) is 1.36. The summed E-state index contributed by atoms with van der Waals surface area (Å²) in [5.41, 5.74) is 0. The summed E-state index contributed by atoms with van der Waals surface area (Å²) in [6.45, 7) is 12.7. The van der Waals surface area contributed by atoms with Gasteiger partial charge in [0.1, 0.15) is 0 Å². The molecule has 0 aliphatic carbocycles. The Morgan fingerprint density at radius 2 is 1.92 bits per heavy atom. The molecule has 0 aromatic heterocycles. The first-order chi connectivity index (χ1) is 5.89. The number of rotatable bonds is 6. The van der Waals surface area contributed by atoms with Gasteiger partial charge < -0.3 is 5.11 Å². The average molecular weight is 200 g/mol. The van der Waals surface area contributed by atoms with Gasteiger partial charge >= 0.3 is 0 Å². The minimum absolute atomic E-state index is 0.114. The zero-order valence-electron chi connectivity index (χ0n) is 9.51. The van der Waals surface area contributed by atoms with Crippen molar-refractivity contribution >= 4 is 8.07 Å². The topological polar surface area (TPSA) is 20.2 Å². The third-order valence-corrected chi connectivity index (χ3v) is 5.62. The quantitative estimate of drug-likeness (QED) is 0.515. The number of aliphatic hydroxyl groups is 1. The van der Waals surface area contributed by atoms with Crippen LogP contribution in [0, 0.1) is 5.92 Å². The molecule has 0 heterocycles. The molecule has 0 aromatic rings. The zero-order chi connectivity index (χ0) is 10.5. The Balaban J connectivity index is 3.79. The van der Waals surface area contributed by atoms with E-state index >= 15 is 0 Å². The van der Waals surface area contributed by atoms with E-state index in [2.05, 4.69) is 33.5 Å². The molecule has 0 radical (unpaired) electrons. The molecule has 0 aromatic carbocycles. The highest BCUT2D eigenvalue weighted by Gasteiger charge is 2.20. The van der Waals surface area contributed by atoms with Crippen molar-refractivity contribution in [3.8, 4) is 0 Å². The second-order valence-electron chi connectivity index (χ2n) is 5.01. The largest absolute Gasteiger partial charge is 0.393 e. The van der Waals surface area contributed by atoms with Crippen LogP contribution in [0.15, 0.2) is 12.7 Å². The normalized spacial score (nSPS) is 14.6. The average Bonchev–Trinajstić information content (AvgIpc) is 2.00. The SMILES string of the molecule is C=CC[Si](C)(C)CCC(O)C(C)C. The van der Waals surface area contributed by atoms with Crippen LogP contribution in [0.3, 0.4) is 0 Å². The molecule has 78 valence electrons. The number of aliphatic hydroxyl groups excluding tert-OH is 1. The van der Waals surface area contributed by atoms with Gasteiger partial charge in [0.05, 0.1) is 14.2 Å². The molecule has 1 N–H and O–H groups in total. The molecule has 0 aliphatic heterocycles. The van der Waals surface area contributed by atoms with Crippen molar-refractivity contribution in [2.24, 2.45) is 5.92 Å². The van der Waals surface area contributed by atoms with Crippen LogP contribution in [0.2, 0.25) is 25.2 Å². The monoisotopic (exact) mass is 200 g/mol. The lowest BCUT2D eigenvalue weighted by Gasteiger charge is -2.23. The Morgan fingerprint density at radius 3 is 2.31 bits per heavy atom. The first-order valence-corrected chi connectivity index (χ1v) is 8.59. The molecule has 0 rings (SSSR count). The van der Waals surface area contributed by atoms with E-state index in [0.29, 0.717) is 5.92 Å². The maximum Gasteiger partial charge on any atom is 0.0560 e. The van der Waals surface area contributed by atoms with Crippen LogP contribution in [0.25, 0.3) is 0 Å². The molecule has 1 unspecified atom stereocenters. The predicted octanol–water partition coefficient (Wildman–Crippen LogP) is 3.29. The van der Waals surface area contributed by atoms with Crippen LogP contribution < -0.4 is 0 Å². The van der Waals surface area contributed by atoms with Crippen LogP contribution in [-0.2, 0) is 0 Å². The Labute approximate surface area is 83.9 Å². The summed E-state index contributed by atoms with van der Waals surface area (Å²) >= 11 is 0. The Hall–Kier alpha value is -0.0831. The van der Waals surface area contributed by atoms with Crippen molar-refractivity contribution in [3.05, 3.63) is 12.7 Å². The van der Waals surface area contributed by atoms with E-state index in [1.807, 2.05) is 6.08 Å². The van der Waals surface area contributed by atoms with Crippen molar-refractivity contribution in [2.45, 2.75) is 51.6 Å². The van der Waals surface area contributed by atoms with E-state index in [1.54, 1.807) is 0 Å². The van der Waals surface area contributed by atoms with E-state index in [-0.39, 0.29) is 6.10 Å². The second-order valence-corrected chi connectivity index (χ2v) is 10.2. The van der Waals surface area contributed by atoms with Crippen LogP contribution in [0.1, 0.15) is 20.3 Å². The minimum Gasteiger partial charge on any atom is -0.393 e. The molecule has 0 spiro atoms. The molecule has 13 heavy (non-hydrogen) atoms. The van der Waals surface area contributed by atoms with Crippen molar-refractivity contribution in [1.29, 1.82) is 0 Å². The highest BCUT2D eigenvalue weighted by molar-refractivity contribution is 6.77. The molecule has 0 aliphatic rings. The Morgan fingerprint density at radius 1 is 1.38 bits per heavy atom. The van der Waals surface area contributed by atoms with Gasteiger partial charge in [0.2, 0.25) is 0 Å². The van der Waals surface area contributed by atoms with E-state index in [9.17, 15) is 5.11 Å². The predicted molar refractivity (Wildman–Crippen MR) is 62.8 cm³/mol. The van der Waals surface area contributed by atoms with Gasteiger partial charge in [-0.05, 0) is 18.4 Å². The fraction of sp³-hybridized carbons (Fsp3) is 0.818. The summed E-state index contributed by atoms with van der Waals surface area (Å²) in [5.74, 6) is 0.397. The van der Waals surface area contributed by atoms with E-state index < -0.39 is 8.07 Å².